The molecule has 9 heteroatoms. The number of nitrogens with zero attached hydrogens (tertiary/aromatic N) is 1. The lowest BCUT2D eigenvalue weighted by atomic mass is 9.90. The van der Waals surface area contributed by atoms with Crippen LogP contribution in [0.1, 0.15) is 30.5 Å². The van der Waals surface area contributed by atoms with Gasteiger partial charge in [0, 0.05) is 26.0 Å². The van der Waals surface area contributed by atoms with Crippen LogP contribution in [0.4, 0.5) is 0 Å². The first-order valence-corrected chi connectivity index (χ1v) is 9.99. The molecule has 0 aliphatic carbocycles. The van der Waals surface area contributed by atoms with Gasteiger partial charge in [0.2, 0.25) is 5.78 Å². The Bertz CT molecular complexity index is 945. The molecule has 1 amide bonds. The van der Waals surface area contributed by atoms with Crippen molar-refractivity contribution in [1.29, 1.82) is 0 Å². The fraction of sp³-hybridized carbons (Fsp3) is 0.444. The average Bonchev–Trinajstić information content (AvgIpc) is 2.53. The van der Waals surface area contributed by atoms with E-state index in [-0.39, 0.29) is 17.1 Å². The Morgan fingerprint density at radius 2 is 1.89 bits per heavy atom. The van der Waals surface area contributed by atoms with Crippen LogP contribution in [0.3, 0.4) is 0 Å². The van der Waals surface area contributed by atoms with Gasteiger partial charge in [-0.3, -0.25) is 14.4 Å². The molecule has 0 saturated carbocycles. The molecule has 1 aromatic carbocycles. The minimum absolute atomic E-state index is 0.0128. The summed E-state index contributed by atoms with van der Waals surface area (Å²) >= 11 is 0. The maximum absolute atomic E-state index is 12.7. The number of methoxy groups -OCH3 is 1. The van der Waals surface area contributed by atoms with E-state index in [1.54, 1.807) is 6.92 Å². The standard InChI is InChI=1S/C18H23NO7S/c1-10-11(7-8-13(27(6,23)24)12(10)9-25-5)15(20)14-16(21)18(2,3)26-19(4)17(14)22/h7-8,20H,9H2,1-6H3. The van der Waals surface area contributed by atoms with Gasteiger partial charge in [-0.1, -0.05) is 0 Å². The van der Waals surface area contributed by atoms with Crippen LogP contribution in [-0.4, -0.2) is 56.3 Å². The quantitative estimate of drug-likeness (QED) is 0.466. The minimum Gasteiger partial charge on any atom is -0.506 e. The Kier molecular flexibility index (Phi) is 5.51. The number of aliphatic hydroxyl groups excluding tert-OH is 1. The van der Waals surface area contributed by atoms with Crippen molar-refractivity contribution in [3.05, 3.63) is 34.4 Å². The average molecular weight is 397 g/mol. The Labute approximate surface area is 158 Å². The zero-order chi connectivity index (χ0) is 20.7. The summed E-state index contributed by atoms with van der Waals surface area (Å²) in [6.07, 6.45) is 1.07. The van der Waals surface area contributed by atoms with Crippen molar-refractivity contribution in [1.82, 2.24) is 5.06 Å². The third kappa shape index (κ3) is 3.76. The molecule has 1 fully saturated rings. The van der Waals surface area contributed by atoms with Gasteiger partial charge in [-0.15, -0.1) is 0 Å². The topological polar surface area (TPSA) is 110 Å². The molecule has 0 radical (unpaired) electrons. The number of carbonyl (C=O) groups excluding carboxylic acids is 2. The zero-order valence-corrected chi connectivity index (χ0v) is 16.9. The predicted molar refractivity (Wildman–Crippen MR) is 97.5 cm³/mol. The maximum Gasteiger partial charge on any atom is 0.284 e. The van der Waals surface area contributed by atoms with E-state index in [4.69, 9.17) is 9.57 Å². The highest BCUT2D eigenvalue weighted by atomic mass is 32.2. The molecule has 1 saturated heterocycles. The molecule has 1 aliphatic rings. The van der Waals surface area contributed by atoms with Gasteiger partial charge >= 0.3 is 0 Å². The number of likely N-dealkylation sites (N-methyl/N-ethyl adjacent to an activating group) is 1. The summed E-state index contributed by atoms with van der Waals surface area (Å²) in [5.41, 5.74) is -0.812. The molecule has 0 bridgehead atoms. The number of rotatable bonds is 4. The molecular formula is C18H23NO7S. The Hall–Kier alpha value is -2.23. The van der Waals surface area contributed by atoms with Crippen LogP contribution < -0.4 is 0 Å². The van der Waals surface area contributed by atoms with Crippen molar-refractivity contribution in [2.24, 2.45) is 0 Å². The first-order valence-electron chi connectivity index (χ1n) is 8.10. The van der Waals surface area contributed by atoms with Crippen LogP contribution in [-0.2, 0) is 35.6 Å². The molecular weight excluding hydrogens is 374 g/mol. The first-order chi connectivity index (χ1) is 12.3. The molecule has 1 N–H and O–H groups in total. The first kappa shape index (κ1) is 21.1. The van der Waals surface area contributed by atoms with Gasteiger partial charge in [-0.25, -0.2) is 13.5 Å². The number of ketones is 1. The van der Waals surface area contributed by atoms with Gasteiger partial charge in [0.25, 0.3) is 5.91 Å². The monoisotopic (exact) mass is 397 g/mol. The van der Waals surface area contributed by atoms with Crippen molar-refractivity contribution < 1.29 is 32.7 Å². The maximum atomic E-state index is 12.7. The van der Waals surface area contributed by atoms with Crippen LogP contribution >= 0.6 is 0 Å². The fourth-order valence-electron chi connectivity index (χ4n) is 2.98. The highest BCUT2D eigenvalue weighted by Crippen LogP contribution is 2.33. The van der Waals surface area contributed by atoms with E-state index < -0.39 is 38.5 Å². The number of ether oxygens (including phenoxy) is 1. The molecule has 0 atom stereocenters. The van der Waals surface area contributed by atoms with E-state index in [1.165, 1.54) is 40.1 Å². The molecule has 2 rings (SSSR count). The second-order valence-electron chi connectivity index (χ2n) is 6.88. The number of amides is 1. The normalized spacial score (nSPS) is 19.4. The van der Waals surface area contributed by atoms with Crippen molar-refractivity contribution in [2.45, 2.75) is 37.9 Å². The van der Waals surface area contributed by atoms with E-state index in [9.17, 15) is 23.1 Å². The summed E-state index contributed by atoms with van der Waals surface area (Å²) < 4.78 is 29.2. The molecule has 0 aromatic heterocycles. The molecule has 1 heterocycles. The van der Waals surface area contributed by atoms with Crippen molar-refractivity contribution in [2.75, 3.05) is 20.4 Å². The van der Waals surface area contributed by atoms with Gasteiger partial charge in [-0.2, -0.15) is 0 Å². The Morgan fingerprint density at radius 1 is 1.30 bits per heavy atom. The van der Waals surface area contributed by atoms with Gasteiger partial charge in [-0.05, 0) is 44.0 Å². The van der Waals surface area contributed by atoms with Crippen LogP contribution in [0.5, 0.6) is 0 Å². The van der Waals surface area contributed by atoms with Crippen molar-refractivity contribution in [3.8, 4) is 0 Å². The van der Waals surface area contributed by atoms with E-state index in [1.807, 2.05) is 0 Å². The molecule has 1 aromatic rings. The van der Waals surface area contributed by atoms with Gasteiger partial charge in [0.1, 0.15) is 11.3 Å². The summed E-state index contributed by atoms with van der Waals surface area (Å²) in [5.74, 6) is -1.97. The number of sulfone groups is 1. The largest absolute Gasteiger partial charge is 0.506 e. The van der Waals surface area contributed by atoms with Gasteiger partial charge < -0.3 is 9.84 Å². The van der Waals surface area contributed by atoms with Crippen LogP contribution in [0.2, 0.25) is 0 Å². The third-order valence-electron chi connectivity index (χ3n) is 4.37. The highest BCUT2D eigenvalue weighted by molar-refractivity contribution is 7.90. The predicted octanol–water partition coefficient (Wildman–Crippen LogP) is 1.57. The molecule has 1 aliphatic heterocycles. The minimum atomic E-state index is -3.53. The number of Topliss-reactive ketones (excluding diaryl/α,β-unsaturated/α-hetero) is 1. The molecule has 0 spiro atoms. The number of benzene rings is 1. The lowest BCUT2D eigenvalue weighted by Crippen LogP contribution is -2.52. The number of aliphatic hydroxyl groups is 1. The second kappa shape index (κ2) is 7.06. The Morgan fingerprint density at radius 3 is 2.41 bits per heavy atom. The zero-order valence-electron chi connectivity index (χ0n) is 16.1. The van der Waals surface area contributed by atoms with Crippen LogP contribution in [0.25, 0.3) is 5.76 Å². The SMILES string of the molecule is COCc1c(S(C)(=O)=O)ccc(C(O)=C2C(=O)N(C)OC(C)(C)C2=O)c1C. The summed E-state index contributed by atoms with van der Waals surface area (Å²) in [6, 6.07) is 2.70. The van der Waals surface area contributed by atoms with E-state index in [0.29, 0.717) is 11.1 Å². The van der Waals surface area contributed by atoms with E-state index >= 15 is 0 Å². The van der Waals surface area contributed by atoms with Crippen molar-refractivity contribution in [3.63, 3.8) is 0 Å². The third-order valence-corrected chi connectivity index (χ3v) is 5.56. The summed E-state index contributed by atoms with van der Waals surface area (Å²) in [4.78, 5) is 30.4. The Balaban J connectivity index is 2.77. The van der Waals surface area contributed by atoms with Gasteiger partial charge in [0.05, 0.1) is 11.5 Å². The number of carbonyl (C=O) groups is 2. The number of hydroxylamine groups is 2. The summed E-state index contributed by atoms with van der Waals surface area (Å²) in [6.45, 7) is 4.56. The summed E-state index contributed by atoms with van der Waals surface area (Å²) in [7, 11) is -0.771. The lowest BCUT2D eigenvalue weighted by molar-refractivity contribution is -0.223. The smallest absolute Gasteiger partial charge is 0.284 e. The van der Waals surface area contributed by atoms with Crippen LogP contribution in [0, 0.1) is 6.92 Å². The molecule has 27 heavy (non-hydrogen) atoms. The summed E-state index contributed by atoms with van der Waals surface area (Å²) in [5, 5.41) is 11.7. The second-order valence-corrected chi connectivity index (χ2v) is 8.86. The molecule has 8 nitrogen and oxygen atoms in total. The van der Waals surface area contributed by atoms with E-state index in [2.05, 4.69) is 0 Å². The number of hydrogen-bond donors (Lipinski definition) is 1. The lowest BCUT2D eigenvalue weighted by Gasteiger charge is -2.35. The number of hydrogen-bond acceptors (Lipinski definition) is 7. The highest BCUT2D eigenvalue weighted by Gasteiger charge is 2.45. The fourth-order valence-corrected chi connectivity index (χ4v) is 3.96. The van der Waals surface area contributed by atoms with Gasteiger partial charge in [0.15, 0.2) is 15.4 Å². The molecule has 148 valence electrons. The van der Waals surface area contributed by atoms with E-state index in [0.717, 1.165) is 11.3 Å². The molecule has 0 unspecified atom stereocenters. The van der Waals surface area contributed by atoms with Crippen LogP contribution in [0.15, 0.2) is 22.6 Å². The van der Waals surface area contributed by atoms with Crippen molar-refractivity contribution >= 4 is 27.3 Å².